The fraction of sp³-hybridized carbons (Fsp3) is 0.333. The molecule has 0 unspecified atom stereocenters. The Labute approximate surface area is 169 Å². The average molecular weight is 431 g/mol. The van der Waals surface area contributed by atoms with E-state index in [0.29, 0.717) is 11.5 Å². The van der Waals surface area contributed by atoms with Gasteiger partial charge in [-0.1, -0.05) is 51.7 Å². The van der Waals surface area contributed by atoms with Crippen LogP contribution in [-0.4, -0.2) is 22.6 Å². The highest BCUT2D eigenvalue weighted by Crippen LogP contribution is 2.22. The first-order chi connectivity index (χ1) is 13.1. The fourth-order valence-electron chi connectivity index (χ4n) is 2.54. The van der Waals surface area contributed by atoms with Gasteiger partial charge in [0.25, 0.3) is 5.91 Å². The molecule has 144 valence electrons. The molecule has 0 saturated carbocycles. The third-order valence-electron chi connectivity index (χ3n) is 4.07. The van der Waals surface area contributed by atoms with E-state index in [2.05, 4.69) is 45.5 Å². The van der Waals surface area contributed by atoms with Crippen molar-refractivity contribution >= 4 is 38.9 Å². The van der Waals surface area contributed by atoms with Crippen molar-refractivity contribution in [2.45, 2.75) is 39.5 Å². The van der Waals surface area contributed by atoms with Crippen molar-refractivity contribution in [1.29, 1.82) is 0 Å². The number of benzene rings is 1. The minimum absolute atomic E-state index is 0.206. The first-order valence-corrected chi connectivity index (χ1v) is 10.1. The van der Waals surface area contributed by atoms with Gasteiger partial charge in [0, 0.05) is 11.5 Å². The highest BCUT2D eigenvalue weighted by Gasteiger charge is 2.13. The molecule has 0 bridgehead atoms. The number of anilines is 2. The lowest BCUT2D eigenvalue weighted by Gasteiger charge is -2.07. The van der Waals surface area contributed by atoms with E-state index < -0.39 is 0 Å². The summed E-state index contributed by atoms with van der Waals surface area (Å²) in [6.07, 6.45) is 5.54. The monoisotopic (exact) mass is 430 g/mol. The molecule has 3 rings (SSSR count). The van der Waals surface area contributed by atoms with Gasteiger partial charge in [-0.2, -0.15) is 0 Å². The van der Waals surface area contributed by atoms with Crippen molar-refractivity contribution in [3.8, 4) is 0 Å². The van der Waals surface area contributed by atoms with E-state index in [0.717, 1.165) is 15.7 Å². The van der Waals surface area contributed by atoms with Gasteiger partial charge in [0.2, 0.25) is 0 Å². The molecule has 0 aliphatic heterocycles. The number of carbonyl (C=O) groups is 1. The van der Waals surface area contributed by atoms with Crippen LogP contribution in [0.4, 0.5) is 11.5 Å². The third-order valence-corrected chi connectivity index (χ3v) is 4.76. The Morgan fingerprint density at radius 3 is 2.33 bits per heavy atom. The smallest absolute Gasteiger partial charge is 0.274 e. The van der Waals surface area contributed by atoms with E-state index in [4.69, 9.17) is 0 Å². The van der Waals surface area contributed by atoms with E-state index in [1.54, 1.807) is 17.6 Å². The summed E-state index contributed by atoms with van der Waals surface area (Å²) in [4.78, 5) is 12.4. The number of carbonyl (C=O) groups excluding carboxylic acids is 1. The lowest BCUT2D eigenvalue weighted by Crippen LogP contribution is -2.16. The highest BCUT2D eigenvalue weighted by atomic mass is 79.9. The summed E-state index contributed by atoms with van der Waals surface area (Å²) in [5.74, 6) is 0.497. The van der Waals surface area contributed by atoms with Crippen LogP contribution in [0, 0.1) is 0 Å². The zero-order chi connectivity index (χ0) is 19.6. The van der Waals surface area contributed by atoms with Crippen LogP contribution in [0.3, 0.4) is 0 Å². The van der Waals surface area contributed by atoms with Gasteiger partial charge in [0.05, 0.1) is 11.2 Å². The number of fused-ring (bicyclic) bond motifs is 1. The second kappa shape index (κ2) is 10.7. The first kappa shape index (κ1) is 21.0. The molecule has 0 aliphatic rings. The Balaban J connectivity index is 0.000000380. The van der Waals surface area contributed by atoms with Gasteiger partial charge in [-0.15, -0.1) is 5.10 Å². The van der Waals surface area contributed by atoms with Crippen molar-refractivity contribution in [3.05, 3.63) is 58.7 Å². The van der Waals surface area contributed by atoms with Crippen molar-refractivity contribution in [2.24, 2.45) is 0 Å². The number of unbranched alkanes of at least 4 members (excludes halogenated alkanes) is 3. The van der Waals surface area contributed by atoms with Gasteiger partial charge in [-0.25, -0.2) is 4.52 Å². The minimum atomic E-state index is -0.206. The molecule has 0 fully saturated rings. The van der Waals surface area contributed by atoms with E-state index in [9.17, 15) is 4.79 Å². The maximum Gasteiger partial charge on any atom is 0.274 e. The average Bonchev–Trinajstić information content (AvgIpc) is 3.11. The largest absolute Gasteiger partial charge is 0.372 e. The predicted molar refractivity (Wildman–Crippen MR) is 117 cm³/mol. The van der Waals surface area contributed by atoms with Crippen LogP contribution in [0.15, 0.2) is 53.0 Å². The summed E-state index contributed by atoms with van der Waals surface area (Å²) in [5, 5.41) is 10.2. The van der Waals surface area contributed by atoms with Crippen molar-refractivity contribution in [1.82, 2.24) is 9.61 Å². The number of nitrogens with zero attached hydrogens (tertiary/aromatic N) is 2. The molecule has 0 spiro atoms. The Bertz CT molecular complexity index is 871. The molecule has 2 aromatic heterocycles. The third kappa shape index (κ3) is 5.82. The molecule has 1 amide bonds. The number of aromatic nitrogens is 2. The molecule has 5 nitrogen and oxygen atoms in total. The summed E-state index contributed by atoms with van der Waals surface area (Å²) in [6.45, 7) is 4.46. The Morgan fingerprint density at radius 1 is 1.04 bits per heavy atom. The topological polar surface area (TPSA) is 58.4 Å². The lowest BCUT2D eigenvalue weighted by molar-refractivity contribution is 0.102. The van der Waals surface area contributed by atoms with Crippen molar-refractivity contribution in [2.75, 3.05) is 17.7 Å². The van der Waals surface area contributed by atoms with Crippen LogP contribution in [0.2, 0.25) is 0 Å². The number of rotatable bonds is 6. The molecule has 0 saturated heterocycles. The number of nitrogens with one attached hydrogen (secondary N) is 2. The molecule has 0 aliphatic carbocycles. The molecule has 0 radical (unpaired) electrons. The maximum absolute atomic E-state index is 12.4. The molecule has 2 heterocycles. The second-order valence-corrected chi connectivity index (χ2v) is 7.02. The van der Waals surface area contributed by atoms with Crippen LogP contribution in [0.25, 0.3) is 5.52 Å². The van der Waals surface area contributed by atoms with Crippen LogP contribution in [0.5, 0.6) is 0 Å². The maximum atomic E-state index is 12.4. The van der Waals surface area contributed by atoms with E-state index in [1.165, 1.54) is 25.7 Å². The molecular formula is C21H27BrN4O. The number of hydrogen-bond donors (Lipinski definition) is 2. The quantitative estimate of drug-likeness (QED) is 0.472. The summed E-state index contributed by atoms with van der Waals surface area (Å²) in [7, 11) is 1.79. The van der Waals surface area contributed by atoms with Gasteiger partial charge >= 0.3 is 0 Å². The molecule has 1 aromatic carbocycles. The fourth-order valence-corrected chi connectivity index (χ4v) is 2.93. The summed E-state index contributed by atoms with van der Waals surface area (Å²) < 4.78 is 2.46. The molecular weight excluding hydrogens is 404 g/mol. The Kier molecular flexibility index (Phi) is 8.33. The van der Waals surface area contributed by atoms with Crippen molar-refractivity contribution < 1.29 is 4.79 Å². The van der Waals surface area contributed by atoms with E-state index in [-0.39, 0.29) is 5.91 Å². The highest BCUT2D eigenvalue weighted by molar-refractivity contribution is 9.10. The molecule has 2 N–H and O–H groups in total. The van der Waals surface area contributed by atoms with Gasteiger partial charge in [-0.3, -0.25) is 4.79 Å². The predicted octanol–water partition coefficient (Wildman–Crippen LogP) is 5.98. The van der Waals surface area contributed by atoms with Gasteiger partial charge < -0.3 is 10.6 Å². The minimum Gasteiger partial charge on any atom is -0.372 e. The standard InChI is InChI=1S/C15H13BrN4O.C6H14/c1-17-14-9-7-10-6-8-13(20(10)19-14)15(21)18-12-5-3-2-4-11(12)16;1-3-5-6-4-2/h2-9H,1H3,(H,17,19)(H,18,21);3-6H2,1-2H3. The molecule has 0 atom stereocenters. The number of para-hydroxylation sites is 1. The zero-order valence-corrected chi connectivity index (χ0v) is 17.7. The van der Waals surface area contributed by atoms with Crippen LogP contribution >= 0.6 is 15.9 Å². The second-order valence-electron chi connectivity index (χ2n) is 6.16. The summed E-state index contributed by atoms with van der Waals surface area (Å²) >= 11 is 3.41. The van der Waals surface area contributed by atoms with Gasteiger partial charge in [0.1, 0.15) is 11.5 Å². The van der Waals surface area contributed by atoms with Crippen LogP contribution < -0.4 is 10.6 Å². The van der Waals surface area contributed by atoms with Crippen LogP contribution in [-0.2, 0) is 0 Å². The summed E-state index contributed by atoms with van der Waals surface area (Å²) in [6, 6.07) is 14.9. The SMILES string of the molecule is CCCCCC.CNc1ccc2ccc(C(=O)Nc3ccccc3Br)n2n1. The molecule has 27 heavy (non-hydrogen) atoms. The molecule has 6 heteroatoms. The zero-order valence-electron chi connectivity index (χ0n) is 16.1. The Hall–Kier alpha value is -2.34. The number of amides is 1. The Morgan fingerprint density at radius 2 is 1.70 bits per heavy atom. The van der Waals surface area contributed by atoms with Gasteiger partial charge in [-0.05, 0) is 52.3 Å². The summed E-state index contributed by atoms with van der Waals surface area (Å²) in [5.41, 5.74) is 2.08. The van der Waals surface area contributed by atoms with Crippen LogP contribution in [0.1, 0.15) is 50.0 Å². The molecule has 3 aromatic rings. The number of halogens is 1. The van der Waals surface area contributed by atoms with E-state index >= 15 is 0 Å². The first-order valence-electron chi connectivity index (χ1n) is 9.33. The lowest BCUT2D eigenvalue weighted by atomic mass is 10.2. The van der Waals surface area contributed by atoms with E-state index in [1.807, 2.05) is 42.5 Å². The van der Waals surface area contributed by atoms with Gasteiger partial charge in [0.15, 0.2) is 0 Å². The normalized spacial score (nSPS) is 10.2. The number of hydrogen-bond acceptors (Lipinski definition) is 3. The van der Waals surface area contributed by atoms with Crippen molar-refractivity contribution in [3.63, 3.8) is 0 Å².